The van der Waals surface area contributed by atoms with E-state index in [0.29, 0.717) is 11.6 Å². The number of morpholine rings is 1. The topological polar surface area (TPSA) is 42.3 Å². The molecule has 0 spiro atoms. The molecule has 1 atom stereocenters. The van der Waals surface area contributed by atoms with Crippen LogP contribution in [0.5, 0.6) is 0 Å². The van der Waals surface area contributed by atoms with Crippen molar-refractivity contribution in [1.29, 1.82) is 0 Å². The molecule has 2 heterocycles. The van der Waals surface area contributed by atoms with Crippen molar-refractivity contribution >= 4 is 0 Å². The smallest absolute Gasteiger partial charge is 0.0946 e. The number of ether oxygens (including phenoxy) is 1. The average Bonchev–Trinajstić information content (AvgIpc) is 3.20. The molecule has 1 aromatic rings. The first kappa shape index (κ1) is 15.0. The molecule has 2 fully saturated rings. The fourth-order valence-electron chi connectivity index (χ4n) is 4.04. The highest BCUT2D eigenvalue weighted by Gasteiger charge is 2.44. The molecule has 1 aliphatic carbocycles. The van der Waals surface area contributed by atoms with E-state index in [0.717, 1.165) is 39.4 Å². The van der Waals surface area contributed by atoms with Gasteiger partial charge in [0.1, 0.15) is 0 Å². The van der Waals surface area contributed by atoms with Crippen LogP contribution in [-0.2, 0) is 11.3 Å². The van der Waals surface area contributed by atoms with Crippen LogP contribution in [0.4, 0.5) is 0 Å². The zero-order valence-electron chi connectivity index (χ0n) is 13.1. The highest BCUT2D eigenvalue weighted by atomic mass is 16.5. The van der Waals surface area contributed by atoms with E-state index >= 15 is 0 Å². The van der Waals surface area contributed by atoms with Crippen molar-refractivity contribution in [3.8, 4) is 0 Å². The molecule has 118 valence electrons. The lowest BCUT2D eigenvalue weighted by atomic mass is 9.86. The Morgan fingerprint density at radius 1 is 1.29 bits per heavy atom. The maximum Gasteiger partial charge on any atom is 0.0946 e. The Hall–Kier alpha value is -0.910. The summed E-state index contributed by atoms with van der Waals surface area (Å²) in [5.41, 5.74) is 0.346. The Bertz CT molecular complexity index is 408. The summed E-state index contributed by atoms with van der Waals surface area (Å²) in [6.45, 7) is 8.33. The van der Waals surface area contributed by atoms with Gasteiger partial charge in [-0.15, -0.1) is 0 Å². The molecule has 1 unspecified atom stereocenters. The fourth-order valence-corrected chi connectivity index (χ4v) is 4.04. The van der Waals surface area contributed by atoms with Crippen LogP contribution in [0.15, 0.2) is 18.7 Å². The third-order valence-corrected chi connectivity index (χ3v) is 5.30. The first-order valence-electron chi connectivity index (χ1n) is 8.33. The number of rotatable bonds is 6. The molecule has 1 aliphatic heterocycles. The number of nitrogens with one attached hydrogen (secondary N) is 1. The lowest BCUT2D eigenvalue weighted by Gasteiger charge is -2.47. The summed E-state index contributed by atoms with van der Waals surface area (Å²) in [5, 5.41) is 3.77. The maximum absolute atomic E-state index is 5.54. The highest BCUT2D eigenvalue weighted by molar-refractivity contribution is 5.02. The third kappa shape index (κ3) is 3.30. The van der Waals surface area contributed by atoms with E-state index in [1.807, 2.05) is 18.7 Å². The van der Waals surface area contributed by atoms with Gasteiger partial charge in [-0.3, -0.25) is 4.90 Å². The summed E-state index contributed by atoms with van der Waals surface area (Å²) in [6, 6.07) is 0.529. The van der Waals surface area contributed by atoms with E-state index in [-0.39, 0.29) is 0 Å². The van der Waals surface area contributed by atoms with Gasteiger partial charge in [0.2, 0.25) is 0 Å². The summed E-state index contributed by atoms with van der Waals surface area (Å²) in [7, 11) is 0. The van der Waals surface area contributed by atoms with Gasteiger partial charge in [0.25, 0.3) is 0 Å². The minimum Gasteiger partial charge on any atom is -0.379 e. The molecule has 5 nitrogen and oxygen atoms in total. The van der Waals surface area contributed by atoms with Crippen LogP contribution >= 0.6 is 0 Å². The van der Waals surface area contributed by atoms with E-state index in [1.54, 1.807) is 0 Å². The van der Waals surface area contributed by atoms with E-state index in [9.17, 15) is 0 Å². The van der Waals surface area contributed by atoms with Crippen LogP contribution in [0.1, 0.15) is 32.6 Å². The predicted octanol–water partition coefficient (Wildman–Crippen LogP) is 1.51. The maximum atomic E-state index is 5.54. The van der Waals surface area contributed by atoms with E-state index in [4.69, 9.17) is 4.74 Å². The minimum absolute atomic E-state index is 0.346. The van der Waals surface area contributed by atoms with Crippen LogP contribution < -0.4 is 5.32 Å². The van der Waals surface area contributed by atoms with E-state index in [1.165, 1.54) is 25.7 Å². The largest absolute Gasteiger partial charge is 0.379 e. The number of hydrogen-bond acceptors (Lipinski definition) is 4. The lowest BCUT2D eigenvalue weighted by molar-refractivity contribution is -0.0332. The highest BCUT2D eigenvalue weighted by Crippen LogP contribution is 2.38. The summed E-state index contributed by atoms with van der Waals surface area (Å²) in [5.74, 6) is 0. The molecule has 1 saturated carbocycles. The van der Waals surface area contributed by atoms with Crippen molar-refractivity contribution in [3.63, 3.8) is 0 Å². The number of imidazole rings is 1. The van der Waals surface area contributed by atoms with Crippen molar-refractivity contribution in [2.24, 2.45) is 0 Å². The van der Waals surface area contributed by atoms with Crippen molar-refractivity contribution in [1.82, 2.24) is 19.8 Å². The SMILES string of the molecule is CC(NCCn1ccnc1)C1(N2CCOCC2)CCCC1. The second-order valence-corrected chi connectivity index (χ2v) is 6.39. The quantitative estimate of drug-likeness (QED) is 0.863. The second-order valence-electron chi connectivity index (χ2n) is 6.39. The van der Waals surface area contributed by atoms with Gasteiger partial charge in [0, 0.05) is 50.2 Å². The monoisotopic (exact) mass is 292 g/mol. The molecule has 2 aliphatic rings. The molecule has 21 heavy (non-hydrogen) atoms. The Balaban J connectivity index is 1.57. The molecule has 0 amide bonds. The van der Waals surface area contributed by atoms with Crippen LogP contribution in [0, 0.1) is 0 Å². The van der Waals surface area contributed by atoms with Crippen LogP contribution in [-0.4, -0.2) is 58.9 Å². The molecule has 1 N–H and O–H groups in total. The van der Waals surface area contributed by atoms with Gasteiger partial charge in [0.15, 0.2) is 0 Å². The lowest BCUT2D eigenvalue weighted by Crippen LogP contribution is -2.61. The normalized spacial score (nSPS) is 24.2. The Labute approximate surface area is 127 Å². The third-order valence-electron chi connectivity index (χ3n) is 5.30. The van der Waals surface area contributed by atoms with E-state index in [2.05, 4.69) is 26.7 Å². The van der Waals surface area contributed by atoms with Gasteiger partial charge < -0.3 is 14.6 Å². The van der Waals surface area contributed by atoms with Crippen LogP contribution in [0.25, 0.3) is 0 Å². The van der Waals surface area contributed by atoms with Crippen molar-refractivity contribution in [3.05, 3.63) is 18.7 Å². The molecule has 0 aromatic carbocycles. The van der Waals surface area contributed by atoms with Crippen LogP contribution in [0.2, 0.25) is 0 Å². The van der Waals surface area contributed by atoms with Crippen LogP contribution in [0.3, 0.4) is 0 Å². The average molecular weight is 292 g/mol. The molecule has 5 heteroatoms. The second kappa shape index (κ2) is 6.90. The molecular formula is C16H28N4O. The molecule has 1 saturated heterocycles. The van der Waals surface area contributed by atoms with Crippen molar-refractivity contribution < 1.29 is 4.74 Å². The van der Waals surface area contributed by atoms with Gasteiger partial charge >= 0.3 is 0 Å². The summed E-state index contributed by atoms with van der Waals surface area (Å²) >= 11 is 0. The summed E-state index contributed by atoms with van der Waals surface area (Å²) in [4.78, 5) is 6.79. The number of nitrogens with zero attached hydrogens (tertiary/aromatic N) is 3. The van der Waals surface area contributed by atoms with Gasteiger partial charge in [-0.25, -0.2) is 4.98 Å². The number of aromatic nitrogens is 2. The molecule has 0 bridgehead atoms. The molecule has 1 aromatic heterocycles. The first-order chi connectivity index (χ1) is 10.3. The zero-order valence-corrected chi connectivity index (χ0v) is 13.1. The predicted molar refractivity (Wildman–Crippen MR) is 83.3 cm³/mol. The summed E-state index contributed by atoms with van der Waals surface area (Å²) < 4.78 is 7.68. The van der Waals surface area contributed by atoms with Crippen molar-refractivity contribution in [2.75, 3.05) is 32.8 Å². The summed E-state index contributed by atoms with van der Waals surface area (Å²) in [6.07, 6.45) is 11.1. The molecule has 3 rings (SSSR count). The molecule has 0 radical (unpaired) electrons. The van der Waals surface area contributed by atoms with Crippen molar-refractivity contribution in [2.45, 2.75) is 50.7 Å². The van der Waals surface area contributed by atoms with Gasteiger partial charge in [-0.05, 0) is 19.8 Å². The zero-order chi connectivity index (χ0) is 14.5. The first-order valence-corrected chi connectivity index (χ1v) is 8.33. The van der Waals surface area contributed by atoms with E-state index < -0.39 is 0 Å². The standard InChI is InChI=1S/C16H28N4O/c1-15(18-7-9-19-8-6-17-14-19)16(4-2-3-5-16)20-10-12-21-13-11-20/h6,8,14-15,18H,2-5,7,9-13H2,1H3. The Morgan fingerprint density at radius 3 is 2.71 bits per heavy atom. The van der Waals surface area contributed by atoms with Gasteiger partial charge in [-0.2, -0.15) is 0 Å². The fraction of sp³-hybridized carbons (Fsp3) is 0.812. The minimum atomic E-state index is 0.346. The van der Waals surface area contributed by atoms with Gasteiger partial charge in [0.05, 0.1) is 19.5 Å². The van der Waals surface area contributed by atoms with Gasteiger partial charge in [-0.1, -0.05) is 12.8 Å². The Morgan fingerprint density at radius 2 is 2.05 bits per heavy atom. The molecular weight excluding hydrogens is 264 g/mol. The Kier molecular flexibility index (Phi) is 4.93. The number of hydrogen-bond donors (Lipinski definition) is 1.